The predicted molar refractivity (Wildman–Crippen MR) is 213 cm³/mol. The minimum Gasteiger partial charge on any atom is -0.507 e. The molecule has 222 valence electrons. The van der Waals surface area contributed by atoms with Crippen LogP contribution >= 0.6 is 102 Å². The summed E-state index contributed by atoms with van der Waals surface area (Å²) in [5.74, 6) is 0.643. The molecule has 0 aliphatic carbocycles. The monoisotopic (exact) mass is 1030 g/mol. The number of allylic oxidation sites excluding steroid dienone is 5. The number of aryl methyl sites for hydroxylation is 1. The second kappa shape index (κ2) is 16.4. The number of phenols is 2. The van der Waals surface area contributed by atoms with Gasteiger partial charge in [0.2, 0.25) is 0 Å². The van der Waals surface area contributed by atoms with Crippen molar-refractivity contribution in [2.24, 2.45) is 5.73 Å². The Bertz CT molecular complexity index is 1530. The van der Waals surface area contributed by atoms with Gasteiger partial charge in [0.15, 0.2) is 0 Å². The molecule has 0 heterocycles. The van der Waals surface area contributed by atoms with E-state index in [-0.39, 0.29) is 0 Å². The lowest BCUT2D eigenvalue weighted by Crippen LogP contribution is -2.07. The van der Waals surface area contributed by atoms with E-state index in [0.29, 0.717) is 36.5 Å². The third-order valence-corrected chi connectivity index (χ3v) is 10.9. The molecule has 3 aromatic carbocycles. The highest BCUT2D eigenvalue weighted by atomic mass is 127. The van der Waals surface area contributed by atoms with E-state index in [9.17, 15) is 10.2 Å². The van der Waals surface area contributed by atoms with Crippen LogP contribution in [0, 0.1) is 14.3 Å². The number of halogens is 4. The van der Waals surface area contributed by atoms with E-state index in [2.05, 4.69) is 148 Å². The Morgan fingerprint density at radius 2 is 1.48 bits per heavy atom. The molecule has 0 fully saturated rings. The van der Waals surface area contributed by atoms with Gasteiger partial charge in [-0.1, -0.05) is 37.8 Å². The molecule has 0 unspecified atom stereocenters. The molecule has 0 saturated heterocycles. The summed E-state index contributed by atoms with van der Waals surface area (Å²) in [7, 11) is 0. The minimum absolute atomic E-state index is 0.296. The molecule has 42 heavy (non-hydrogen) atoms. The summed E-state index contributed by atoms with van der Waals surface area (Å²) in [6.45, 7) is 12.4. The second-order valence-corrected chi connectivity index (χ2v) is 15.9. The highest BCUT2D eigenvalue weighted by Crippen LogP contribution is 2.37. The van der Waals surface area contributed by atoms with Crippen LogP contribution in [0.1, 0.15) is 48.9 Å². The molecular formula is C33H34I4N2O2S. The third-order valence-electron chi connectivity index (χ3n) is 6.54. The summed E-state index contributed by atoms with van der Waals surface area (Å²) in [6, 6.07) is 12.2. The van der Waals surface area contributed by atoms with Gasteiger partial charge in [-0.2, -0.15) is 0 Å². The largest absolute Gasteiger partial charge is 0.507 e. The number of phenolic OH excluding ortho intramolecular Hbond substituents is 2. The Morgan fingerprint density at radius 3 is 2.05 bits per heavy atom. The maximum absolute atomic E-state index is 11.1. The first-order chi connectivity index (χ1) is 19.8. The Kier molecular flexibility index (Phi) is 13.9. The summed E-state index contributed by atoms with van der Waals surface area (Å²) in [4.78, 5) is 2.14. The van der Waals surface area contributed by atoms with Crippen LogP contribution in [0.25, 0.3) is 0 Å². The molecule has 0 bridgehead atoms. The molecule has 4 nitrogen and oxygen atoms in total. The lowest BCUT2D eigenvalue weighted by Gasteiger charge is -2.15. The molecule has 0 aromatic heterocycles. The van der Waals surface area contributed by atoms with Crippen LogP contribution in [0.4, 0.5) is 5.69 Å². The molecule has 3 rings (SSSR count). The molecule has 6 N–H and O–H groups in total. The van der Waals surface area contributed by atoms with E-state index >= 15 is 0 Å². The van der Waals surface area contributed by atoms with Crippen molar-refractivity contribution >= 4 is 108 Å². The summed E-state index contributed by atoms with van der Waals surface area (Å²) in [6.07, 6.45) is 7.52. The van der Waals surface area contributed by atoms with Crippen LogP contribution in [0.5, 0.6) is 11.5 Å². The fourth-order valence-corrected chi connectivity index (χ4v) is 9.26. The zero-order valence-corrected chi connectivity index (χ0v) is 33.0. The average molecular weight is 1030 g/mol. The van der Waals surface area contributed by atoms with E-state index < -0.39 is 0 Å². The number of benzene rings is 3. The highest BCUT2D eigenvalue weighted by molar-refractivity contribution is 14.1. The Labute approximate surface area is 308 Å². The van der Waals surface area contributed by atoms with Crippen LogP contribution in [0.15, 0.2) is 88.4 Å². The summed E-state index contributed by atoms with van der Waals surface area (Å²) in [5.41, 5.74) is 20.1. The number of rotatable bonds is 12. The predicted octanol–water partition coefficient (Wildman–Crippen LogP) is 10.2. The van der Waals surface area contributed by atoms with Gasteiger partial charge in [0.1, 0.15) is 11.5 Å². The lowest BCUT2D eigenvalue weighted by molar-refractivity contribution is 0.461. The van der Waals surface area contributed by atoms with Crippen molar-refractivity contribution in [3.8, 4) is 11.5 Å². The molecule has 0 aliphatic rings. The van der Waals surface area contributed by atoms with E-state index in [1.54, 1.807) is 11.8 Å². The molecule has 0 radical (unpaired) electrons. The lowest BCUT2D eigenvalue weighted by atomic mass is 9.99. The smallest absolute Gasteiger partial charge is 0.142 e. The van der Waals surface area contributed by atoms with Gasteiger partial charge >= 0.3 is 0 Å². The van der Waals surface area contributed by atoms with Crippen LogP contribution in [-0.4, -0.2) is 10.2 Å². The maximum Gasteiger partial charge on any atom is 0.142 e. The van der Waals surface area contributed by atoms with Crippen molar-refractivity contribution in [1.82, 2.24) is 0 Å². The first-order valence-electron chi connectivity index (χ1n) is 13.2. The van der Waals surface area contributed by atoms with E-state index in [1.807, 2.05) is 18.2 Å². The van der Waals surface area contributed by atoms with Crippen molar-refractivity contribution in [3.05, 3.63) is 120 Å². The van der Waals surface area contributed by atoms with Crippen LogP contribution < -0.4 is 11.5 Å². The Morgan fingerprint density at radius 1 is 0.905 bits per heavy atom. The number of hydrogen-bond acceptors (Lipinski definition) is 5. The maximum atomic E-state index is 11.1. The van der Waals surface area contributed by atoms with Gasteiger partial charge in [0.05, 0.1) is 12.8 Å². The summed E-state index contributed by atoms with van der Waals surface area (Å²) >= 11 is 10.5. The minimum atomic E-state index is 0.296. The van der Waals surface area contributed by atoms with Crippen LogP contribution in [0.3, 0.4) is 0 Å². The van der Waals surface area contributed by atoms with Crippen molar-refractivity contribution in [3.63, 3.8) is 0 Å². The molecule has 0 atom stereocenters. The third kappa shape index (κ3) is 9.54. The van der Waals surface area contributed by atoms with Gasteiger partial charge in [0.25, 0.3) is 0 Å². The zero-order valence-electron chi connectivity index (χ0n) is 23.5. The molecule has 0 amide bonds. The van der Waals surface area contributed by atoms with E-state index in [1.165, 1.54) is 0 Å². The van der Waals surface area contributed by atoms with Crippen LogP contribution in [0.2, 0.25) is 0 Å². The Hall–Kier alpha value is -0.910. The van der Waals surface area contributed by atoms with E-state index in [0.717, 1.165) is 76.0 Å². The molecule has 0 saturated carbocycles. The zero-order chi connectivity index (χ0) is 31.1. The van der Waals surface area contributed by atoms with Gasteiger partial charge in [-0.05, 0) is 197 Å². The fourth-order valence-electron chi connectivity index (χ4n) is 4.49. The number of hydrogen-bond donors (Lipinski definition) is 4. The van der Waals surface area contributed by atoms with Gasteiger partial charge in [-0.3, -0.25) is 0 Å². The second-order valence-electron chi connectivity index (χ2n) is 9.97. The number of anilines is 1. The molecular weight excluding hydrogens is 996 g/mol. The SMILES string of the molecule is C=CCC(/C=C(\C)Sc1cc(CCC)c(O)c(Cc2cc(I)c(O)c(I)c2)c1)=C(\N)C(=C)Cc1cc(I)c(N)c(I)c1. The van der Waals surface area contributed by atoms with Gasteiger partial charge in [0, 0.05) is 24.2 Å². The number of nitrogens with two attached hydrogens (primary N) is 2. The van der Waals surface area contributed by atoms with Crippen molar-refractivity contribution in [2.75, 3.05) is 5.73 Å². The van der Waals surface area contributed by atoms with Gasteiger partial charge in [-0.15, -0.1) is 6.58 Å². The number of aromatic hydroxyl groups is 2. The number of thioether (sulfide) groups is 1. The topological polar surface area (TPSA) is 92.5 Å². The fraction of sp³-hybridized carbons (Fsp3) is 0.212. The molecule has 3 aromatic rings. The summed E-state index contributed by atoms with van der Waals surface area (Å²) < 4.78 is 3.64. The van der Waals surface area contributed by atoms with Crippen LogP contribution in [-0.2, 0) is 19.3 Å². The van der Waals surface area contributed by atoms with Crippen molar-refractivity contribution < 1.29 is 10.2 Å². The quantitative estimate of drug-likeness (QED) is 0.0477. The molecule has 9 heteroatoms. The standard InChI is InChI=1S/C33H34I4N2O2S/c1-5-7-22(30(38)18(3)9-20-12-26(34)31(39)27(35)13-20)10-19(4)42-25-16-23(8-6-2)32(40)24(17-25)11-21-14-28(36)33(41)29(37)15-21/h5,10,12-17,40-41H,1,3,6-9,11,38-39H2,2,4H3/b19-10+,30-22+. The Balaban J connectivity index is 1.92. The van der Waals surface area contributed by atoms with E-state index in [4.69, 9.17) is 11.5 Å². The first kappa shape index (κ1) is 35.6. The molecule has 0 aliphatic heterocycles. The molecule has 0 spiro atoms. The highest BCUT2D eigenvalue weighted by Gasteiger charge is 2.15. The van der Waals surface area contributed by atoms with Gasteiger partial charge < -0.3 is 21.7 Å². The average Bonchev–Trinajstić information content (AvgIpc) is 2.92. The first-order valence-corrected chi connectivity index (χ1v) is 18.4. The van der Waals surface area contributed by atoms with Crippen molar-refractivity contribution in [2.45, 2.75) is 50.8 Å². The van der Waals surface area contributed by atoms with Crippen molar-refractivity contribution in [1.29, 1.82) is 0 Å². The van der Waals surface area contributed by atoms with Gasteiger partial charge in [-0.25, -0.2) is 0 Å². The normalized spacial score (nSPS) is 12.3. The summed E-state index contributed by atoms with van der Waals surface area (Å²) in [5, 5.41) is 21.3. The number of nitrogen functional groups attached to an aromatic ring is 1.